The van der Waals surface area contributed by atoms with E-state index in [9.17, 15) is 33.1 Å². The Morgan fingerprint density at radius 1 is 0.860 bits per heavy atom. The van der Waals surface area contributed by atoms with Crippen LogP contribution in [0.15, 0.2) is 54.1 Å². The van der Waals surface area contributed by atoms with Gasteiger partial charge in [-0.2, -0.15) is 0 Å². The van der Waals surface area contributed by atoms with Crippen molar-refractivity contribution < 1.29 is 33.1 Å². The van der Waals surface area contributed by atoms with Crippen LogP contribution in [0.1, 0.15) is 56.4 Å². The molecule has 4 amide bonds. The molecule has 2 aromatic rings. The van der Waals surface area contributed by atoms with Gasteiger partial charge in [-0.05, 0) is 61.9 Å². The molecule has 11 heteroatoms. The average Bonchev–Trinajstić information content (AvgIpc) is 3.34. The molecular weight excluding hydrogens is 601 g/mol. The molecule has 43 heavy (non-hydrogen) atoms. The van der Waals surface area contributed by atoms with Crippen LogP contribution in [0.4, 0.5) is 14.5 Å². The van der Waals surface area contributed by atoms with Gasteiger partial charge >= 0.3 is 0 Å². The quantitative estimate of drug-likeness (QED) is 0.273. The normalized spacial score (nSPS) is 34.3. The molecule has 2 aliphatic heterocycles. The highest BCUT2D eigenvalue weighted by molar-refractivity contribution is 6.58. The molecule has 6 unspecified atom stereocenters. The fourth-order valence-corrected chi connectivity index (χ4v) is 9.16. The van der Waals surface area contributed by atoms with Crippen molar-refractivity contribution >= 4 is 52.5 Å². The minimum Gasteiger partial charge on any atom is -0.505 e. The topological polar surface area (TPSA) is 95.0 Å². The van der Waals surface area contributed by atoms with E-state index >= 15 is 0 Å². The predicted octanol–water partition coefficient (Wildman–Crippen LogP) is 5.57. The summed E-state index contributed by atoms with van der Waals surface area (Å²) < 4.78 is 28.6. The summed E-state index contributed by atoms with van der Waals surface area (Å²) in [7, 11) is 0. The minimum absolute atomic E-state index is 0.0403. The number of carbonyl (C=O) groups excluding carboxylic acids is 4. The van der Waals surface area contributed by atoms with Gasteiger partial charge < -0.3 is 5.11 Å². The van der Waals surface area contributed by atoms with Gasteiger partial charge in [0.1, 0.15) is 5.82 Å². The number of phenols is 1. The molecule has 2 heterocycles. The monoisotopic (exact) mass is 628 g/mol. The first-order valence-electron chi connectivity index (χ1n) is 14.6. The molecular formula is C32H28Cl2F2N2O5. The lowest BCUT2D eigenvalue weighted by Gasteiger charge is -2.50. The number of rotatable bonds is 3. The van der Waals surface area contributed by atoms with Crippen molar-refractivity contribution in [2.24, 2.45) is 17.8 Å². The number of likely N-dealkylation sites (tertiary alicyclic amines) is 1. The zero-order chi connectivity index (χ0) is 30.4. The van der Waals surface area contributed by atoms with E-state index in [0.717, 1.165) is 55.2 Å². The van der Waals surface area contributed by atoms with Crippen LogP contribution in [0.25, 0.3) is 0 Å². The molecule has 0 radical (unpaired) electrons. The van der Waals surface area contributed by atoms with Gasteiger partial charge in [-0.15, -0.1) is 23.2 Å². The van der Waals surface area contributed by atoms with Gasteiger partial charge in [0.05, 0.1) is 17.5 Å². The van der Waals surface area contributed by atoms with E-state index in [2.05, 4.69) is 0 Å². The van der Waals surface area contributed by atoms with Crippen LogP contribution >= 0.6 is 23.2 Å². The Balaban J connectivity index is 1.39. The average molecular weight is 629 g/mol. The Kier molecular flexibility index (Phi) is 6.53. The number of halogens is 4. The van der Waals surface area contributed by atoms with Gasteiger partial charge in [0.25, 0.3) is 11.8 Å². The molecule has 1 N–H and O–H groups in total. The maximum atomic E-state index is 14.8. The minimum atomic E-state index is -2.24. The molecule has 0 bridgehead atoms. The standard InChI is InChI=1S/C32H28Cl2F2N2O5/c33-31-15-22-19(13-14-20-24(22)28(41)37(27(20)40)17-5-2-1-3-6-17)25(21-7-4-8-23(36)26(21)39)32(31,34)30(43)38(29(31)42)18-11-9-16(35)10-12-18/h4,7-13,17,20,22,24-25,39H,1-3,5-6,14-15H2. The van der Waals surface area contributed by atoms with E-state index in [1.165, 1.54) is 29.2 Å². The number of hydrogen-bond acceptors (Lipinski definition) is 5. The molecule has 0 aromatic heterocycles. The smallest absolute Gasteiger partial charge is 0.258 e. The van der Waals surface area contributed by atoms with Gasteiger partial charge in [0.2, 0.25) is 11.8 Å². The third-order valence-corrected chi connectivity index (χ3v) is 11.6. The number of alkyl halides is 2. The summed E-state index contributed by atoms with van der Waals surface area (Å²) in [4.78, 5) is 54.1. The molecule has 224 valence electrons. The lowest BCUT2D eigenvalue weighted by atomic mass is 9.56. The summed E-state index contributed by atoms with van der Waals surface area (Å²) in [6.07, 6.45) is 6.02. The number of aromatic hydroxyl groups is 1. The zero-order valence-corrected chi connectivity index (χ0v) is 24.5. The van der Waals surface area contributed by atoms with Gasteiger partial charge in [-0.1, -0.05) is 43.0 Å². The largest absolute Gasteiger partial charge is 0.505 e. The molecule has 2 saturated carbocycles. The molecule has 0 spiro atoms. The molecule has 2 saturated heterocycles. The van der Waals surface area contributed by atoms with E-state index in [1.54, 1.807) is 6.08 Å². The number of anilines is 1. The predicted molar refractivity (Wildman–Crippen MR) is 153 cm³/mol. The Morgan fingerprint density at radius 3 is 2.26 bits per heavy atom. The second-order valence-electron chi connectivity index (χ2n) is 12.3. The number of fused-ring (bicyclic) bond motifs is 4. The Hall–Kier alpha value is -3.30. The van der Waals surface area contributed by atoms with Crippen molar-refractivity contribution in [3.05, 3.63) is 71.3 Å². The van der Waals surface area contributed by atoms with Crippen LogP contribution in [0, 0.1) is 29.4 Å². The van der Waals surface area contributed by atoms with Crippen LogP contribution < -0.4 is 4.90 Å². The first kappa shape index (κ1) is 28.5. The summed E-state index contributed by atoms with van der Waals surface area (Å²) >= 11 is 14.5. The molecule has 7 nitrogen and oxygen atoms in total. The summed E-state index contributed by atoms with van der Waals surface area (Å²) in [5, 5.41) is 10.9. The number of imide groups is 2. The lowest BCUT2D eigenvalue weighted by molar-refractivity contribution is -0.143. The van der Waals surface area contributed by atoms with Crippen LogP contribution in [-0.2, 0) is 19.2 Å². The van der Waals surface area contributed by atoms with E-state index in [-0.39, 0.29) is 41.9 Å². The number of benzene rings is 2. The van der Waals surface area contributed by atoms with Crippen LogP contribution in [0.3, 0.4) is 0 Å². The van der Waals surface area contributed by atoms with Crippen molar-refractivity contribution in [3.63, 3.8) is 0 Å². The van der Waals surface area contributed by atoms with Crippen molar-refractivity contribution in [2.75, 3.05) is 4.90 Å². The van der Waals surface area contributed by atoms with E-state index < -0.39 is 62.6 Å². The molecule has 7 rings (SSSR count). The second-order valence-corrected chi connectivity index (χ2v) is 13.5. The highest BCUT2D eigenvalue weighted by atomic mass is 35.5. The Labute approximate surface area is 256 Å². The SMILES string of the molecule is O=C1C2CC=C3C(CC4(Cl)C(=O)N(c5ccc(F)cc5)C(=O)C4(Cl)C3c3cccc(F)c3O)C2C(=O)N1C1CCCCC1. The molecule has 5 aliphatic rings. The van der Waals surface area contributed by atoms with Gasteiger partial charge in [0, 0.05) is 17.5 Å². The fraction of sp³-hybridized carbons (Fsp3) is 0.438. The number of phenolic OH excluding ortho intramolecular Hbond substituents is 1. The maximum absolute atomic E-state index is 14.8. The van der Waals surface area contributed by atoms with Crippen LogP contribution in [0.5, 0.6) is 5.75 Å². The van der Waals surface area contributed by atoms with Crippen molar-refractivity contribution in [1.82, 2.24) is 4.90 Å². The lowest BCUT2D eigenvalue weighted by Crippen LogP contribution is -2.60. The van der Waals surface area contributed by atoms with Crippen LogP contribution in [-0.4, -0.2) is 49.4 Å². The summed E-state index contributed by atoms with van der Waals surface area (Å²) in [6.45, 7) is 0. The van der Waals surface area contributed by atoms with Gasteiger partial charge in [-0.25, -0.2) is 13.7 Å². The molecule has 6 atom stereocenters. The summed E-state index contributed by atoms with van der Waals surface area (Å²) in [5.41, 5.74) is 0.443. The maximum Gasteiger partial charge on any atom is 0.258 e. The number of carbonyl (C=O) groups is 4. The van der Waals surface area contributed by atoms with Crippen molar-refractivity contribution in [1.29, 1.82) is 0 Å². The molecule has 2 aromatic carbocycles. The molecule has 4 fully saturated rings. The third-order valence-electron chi connectivity index (χ3n) is 10.2. The fourth-order valence-electron chi connectivity index (χ4n) is 8.23. The van der Waals surface area contributed by atoms with Crippen molar-refractivity contribution in [2.45, 2.75) is 66.7 Å². The first-order valence-corrected chi connectivity index (χ1v) is 15.3. The Morgan fingerprint density at radius 2 is 1.56 bits per heavy atom. The molecule has 3 aliphatic carbocycles. The van der Waals surface area contributed by atoms with Crippen molar-refractivity contribution in [3.8, 4) is 5.75 Å². The number of nitrogens with zero attached hydrogens (tertiary/aromatic N) is 2. The van der Waals surface area contributed by atoms with Crippen LogP contribution in [0.2, 0.25) is 0 Å². The number of hydrogen-bond donors (Lipinski definition) is 1. The van der Waals surface area contributed by atoms with E-state index in [4.69, 9.17) is 23.2 Å². The van der Waals surface area contributed by atoms with E-state index in [0.29, 0.717) is 5.57 Å². The first-order chi connectivity index (χ1) is 20.5. The van der Waals surface area contributed by atoms with E-state index in [1.807, 2.05) is 0 Å². The van der Waals surface area contributed by atoms with Gasteiger partial charge in [0.15, 0.2) is 21.3 Å². The Bertz CT molecular complexity index is 1610. The number of amides is 4. The summed E-state index contributed by atoms with van der Waals surface area (Å²) in [6, 6.07) is 8.29. The number of para-hydroxylation sites is 1. The highest BCUT2D eigenvalue weighted by Crippen LogP contribution is 2.66. The third kappa shape index (κ3) is 3.76. The van der Waals surface area contributed by atoms with Gasteiger partial charge in [-0.3, -0.25) is 24.1 Å². The highest BCUT2D eigenvalue weighted by Gasteiger charge is 2.77. The number of allylic oxidation sites excluding steroid dienone is 2. The zero-order valence-electron chi connectivity index (χ0n) is 22.9. The second kappa shape index (κ2) is 9.86. The summed E-state index contributed by atoms with van der Waals surface area (Å²) in [5.74, 6) is -8.30.